The minimum atomic E-state index is -0.675. The minimum Gasteiger partial charge on any atom is -0.422 e. The Morgan fingerprint density at radius 3 is 1.97 bits per heavy atom. The monoisotopic (exact) mass is 458 g/mol. The third-order valence-electron chi connectivity index (χ3n) is 6.21. The second-order valence-corrected chi connectivity index (χ2v) is 8.42. The van der Waals surface area contributed by atoms with Gasteiger partial charge in [-0.25, -0.2) is 9.59 Å². The van der Waals surface area contributed by atoms with Gasteiger partial charge in [0, 0.05) is 30.4 Å². The maximum Gasteiger partial charge on any atom is 0.349 e. The summed E-state index contributed by atoms with van der Waals surface area (Å²) in [5.74, 6) is -0.684. The van der Waals surface area contributed by atoms with Crippen LogP contribution in [0.5, 0.6) is 0 Å². The fourth-order valence-electron chi connectivity index (χ4n) is 4.27. The first-order valence-electron chi connectivity index (χ1n) is 11.1. The second kappa shape index (κ2) is 8.97. The van der Waals surface area contributed by atoms with Gasteiger partial charge in [-0.2, -0.15) is 0 Å². The van der Waals surface area contributed by atoms with E-state index >= 15 is 0 Å². The second-order valence-electron chi connectivity index (χ2n) is 8.42. The highest BCUT2D eigenvalue weighted by atomic mass is 16.4. The molecule has 0 unspecified atom stereocenters. The predicted molar refractivity (Wildman–Crippen MR) is 126 cm³/mol. The van der Waals surface area contributed by atoms with Gasteiger partial charge in [-0.3, -0.25) is 9.59 Å². The molecule has 5 rings (SSSR count). The molecule has 1 aliphatic rings. The van der Waals surface area contributed by atoms with Crippen LogP contribution in [0.3, 0.4) is 0 Å². The molecule has 0 saturated carbocycles. The Kier molecular flexibility index (Phi) is 5.71. The number of para-hydroxylation sites is 2. The first-order chi connectivity index (χ1) is 16.5. The number of hydrogen-bond acceptors (Lipinski definition) is 6. The van der Waals surface area contributed by atoms with Gasteiger partial charge >= 0.3 is 11.3 Å². The number of hydrogen-bond donors (Lipinski definition) is 1. The molecule has 3 heterocycles. The molecule has 8 heteroatoms. The van der Waals surface area contributed by atoms with Crippen molar-refractivity contribution in [3.05, 3.63) is 92.6 Å². The lowest BCUT2D eigenvalue weighted by Gasteiger charge is -2.31. The number of fused-ring (bicyclic) bond motifs is 2. The van der Waals surface area contributed by atoms with E-state index in [0.717, 1.165) is 0 Å². The minimum absolute atomic E-state index is 0.0217. The summed E-state index contributed by atoms with van der Waals surface area (Å²) < 4.78 is 10.5. The number of rotatable bonds is 4. The summed E-state index contributed by atoms with van der Waals surface area (Å²) in [4.78, 5) is 51.6. The lowest BCUT2D eigenvalue weighted by atomic mass is 9.96. The van der Waals surface area contributed by atoms with Gasteiger partial charge in [0.15, 0.2) is 0 Å². The van der Waals surface area contributed by atoms with Crippen LogP contribution < -0.4 is 16.6 Å². The standard InChI is InChI=1S/C26H22N2O6/c29-23(19-13-17-5-1-3-7-21(17)33-25(19)31)27-15-16-9-11-28(12-10-16)24(30)20-14-18-6-2-4-8-22(18)34-26(20)32/h1-8,13-14,16H,9-12,15H2,(H,27,29). The molecule has 34 heavy (non-hydrogen) atoms. The molecule has 2 aromatic carbocycles. The average Bonchev–Trinajstić information content (AvgIpc) is 2.86. The number of amides is 2. The topological polar surface area (TPSA) is 110 Å². The van der Waals surface area contributed by atoms with E-state index in [4.69, 9.17) is 8.83 Å². The van der Waals surface area contributed by atoms with E-state index in [0.29, 0.717) is 54.4 Å². The van der Waals surface area contributed by atoms with Crippen LogP contribution in [0.1, 0.15) is 33.6 Å². The Hall–Kier alpha value is -4.20. The maximum atomic E-state index is 12.9. The molecule has 0 aliphatic carbocycles. The van der Waals surface area contributed by atoms with Crippen molar-refractivity contribution in [1.82, 2.24) is 10.2 Å². The first-order valence-corrected chi connectivity index (χ1v) is 11.1. The van der Waals surface area contributed by atoms with E-state index in [9.17, 15) is 19.2 Å². The number of benzene rings is 2. The Bertz CT molecular complexity index is 1510. The molecule has 1 N–H and O–H groups in total. The summed E-state index contributed by atoms with van der Waals surface area (Å²) in [7, 11) is 0. The normalized spacial score (nSPS) is 14.4. The molecule has 0 atom stereocenters. The van der Waals surface area contributed by atoms with Gasteiger partial charge in [0.05, 0.1) is 0 Å². The van der Waals surface area contributed by atoms with Crippen molar-refractivity contribution < 1.29 is 18.4 Å². The van der Waals surface area contributed by atoms with Gasteiger partial charge in [0.2, 0.25) is 0 Å². The zero-order valence-electron chi connectivity index (χ0n) is 18.3. The molecule has 8 nitrogen and oxygen atoms in total. The lowest BCUT2D eigenvalue weighted by molar-refractivity contribution is 0.0680. The van der Waals surface area contributed by atoms with Crippen molar-refractivity contribution >= 4 is 33.8 Å². The summed E-state index contributed by atoms with van der Waals surface area (Å²) in [6.45, 7) is 1.30. The SMILES string of the molecule is O=C(NCC1CCN(C(=O)c2cc3ccccc3oc2=O)CC1)c1cc2ccccc2oc1=O. The number of nitrogens with one attached hydrogen (secondary N) is 1. The lowest BCUT2D eigenvalue weighted by Crippen LogP contribution is -2.43. The van der Waals surface area contributed by atoms with E-state index in [1.165, 1.54) is 6.07 Å². The van der Waals surface area contributed by atoms with Crippen molar-refractivity contribution in [3.8, 4) is 0 Å². The Morgan fingerprint density at radius 2 is 1.35 bits per heavy atom. The Labute approximate surface area is 193 Å². The van der Waals surface area contributed by atoms with E-state index in [1.54, 1.807) is 53.4 Å². The molecular weight excluding hydrogens is 436 g/mol. The number of piperidine rings is 1. The Balaban J connectivity index is 1.20. The molecule has 0 bridgehead atoms. The molecule has 1 saturated heterocycles. The molecule has 1 aliphatic heterocycles. The van der Waals surface area contributed by atoms with Crippen LogP contribution in [-0.4, -0.2) is 36.3 Å². The zero-order chi connectivity index (χ0) is 23.7. The van der Waals surface area contributed by atoms with Gasteiger partial charge in [0.1, 0.15) is 22.3 Å². The average molecular weight is 458 g/mol. The van der Waals surface area contributed by atoms with Crippen molar-refractivity contribution in [2.24, 2.45) is 5.92 Å². The van der Waals surface area contributed by atoms with Crippen LogP contribution in [0.15, 0.2) is 79.1 Å². The highest BCUT2D eigenvalue weighted by Crippen LogP contribution is 2.20. The molecule has 2 amide bonds. The Morgan fingerprint density at radius 1 is 0.824 bits per heavy atom. The summed E-state index contributed by atoms with van der Waals surface area (Å²) in [6, 6.07) is 17.2. The quantitative estimate of drug-likeness (QED) is 0.471. The molecular formula is C26H22N2O6. The molecule has 4 aromatic rings. The highest BCUT2D eigenvalue weighted by molar-refractivity contribution is 5.97. The van der Waals surface area contributed by atoms with E-state index in [1.807, 2.05) is 6.07 Å². The maximum absolute atomic E-state index is 12.9. The molecule has 2 aromatic heterocycles. The summed E-state index contributed by atoms with van der Waals surface area (Å²) in [6.07, 6.45) is 1.33. The van der Waals surface area contributed by atoms with Gasteiger partial charge in [-0.15, -0.1) is 0 Å². The third-order valence-corrected chi connectivity index (χ3v) is 6.21. The molecule has 172 valence electrons. The predicted octanol–water partition coefficient (Wildman–Crippen LogP) is 3.18. The number of carbonyl (C=O) groups excluding carboxylic acids is 2. The van der Waals surface area contributed by atoms with Crippen LogP contribution in [0, 0.1) is 5.92 Å². The van der Waals surface area contributed by atoms with Crippen LogP contribution in [0.2, 0.25) is 0 Å². The van der Waals surface area contributed by atoms with Crippen LogP contribution in [0.25, 0.3) is 21.9 Å². The van der Waals surface area contributed by atoms with E-state index in [-0.39, 0.29) is 23.0 Å². The van der Waals surface area contributed by atoms with Gasteiger partial charge in [-0.05, 0) is 43.0 Å². The van der Waals surface area contributed by atoms with Crippen molar-refractivity contribution in [2.45, 2.75) is 12.8 Å². The van der Waals surface area contributed by atoms with Crippen LogP contribution in [-0.2, 0) is 0 Å². The van der Waals surface area contributed by atoms with Gasteiger partial charge < -0.3 is 19.1 Å². The fraction of sp³-hybridized carbons (Fsp3) is 0.231. The van der Waals surface area contributed by atoms with Crippen molar-refractivity contribution in [1.29, 1.82) is 0 Å². The van der Waals surface area contributed by atoms with Gasteiger partial charge in [-0.1, -0.05) is 36.4 Å². The molecule has 1 fully saturated rings. The largest absolute Gasteiger partial charge is 0.422 e. The first kappa shape index (κ1) is 21.6. The number of likely N-dealkylation sites (tertiary alicyclic amines) is 1. The molecule has 0 spiro atoms. The van der Waals surface area contributed by atoms with Crippen LogP contribution >= 0.6 is 0 Å². The summed E-state index contributed by atoms with van der Waals surface area (Å²) in [5, 5.41) is 4.19. The smallest absolute Gasteiger partial charge is 0.349 e. The van der Waals surface area contributed by atoms with Gasteiger partial charge in [0.25, 0.3) is 11.8 Å². The van der Waals surface area contributed by atoms with E-state index < -0.39 is 17.2 Å². The zero-order valence-corrected chi connectivity index (χ0v) is 18.3. The fourth-order valence-corrected chi connectivity index (χ4v) is 4.27. The summed E-state index contributed by atoms with van der Waals surface area (Å²) >= 11 is 0. The van der Waals surface area contributed by atoms with Crippen LogP contribution in [0.4, 0.5) is 0 Å². The van der Waals surface area contributed by atoms with Crippen molar-refractivity contribution in [2.75, 3.05) is 19.6 Å². The third kappa shape index (κ3) is 4.22. The van der Waals surface area contributed by atoms with E-state index in [2.05, 4.69) is 5.32 Å². The molecule has 0 radical (unpaired) electrons. The highest BCUT2D eigenvalue weighted by Gasteiger charge is 2.26. The summed E-state index contributed by atoms with van der Waals surface area (Å²) in [5.41, 5.74) is -0.457. The number of carbonyl (C=O) groups is 2. The van der Waals surface area contributed by atoms with Crippen molar-refractivity contribution in [3.63, 3.8) is 0 Å². The number of nitrogens with zero attached hydrogens (tertiary/aromatic N) is 1.